The molecule has 5 heteroatoms. The van der Waals surface area contributed by atoms with Crippen molar-refractivity contribution in [2.75, 3.05) is 32.8 Å². The zero-order valence-electron chi connectivity index (χ0n) is 15.4. The SMILES string of the molecule is c1ccc(CN2CCC[C@]3(CC2)CN(Cc2cccnc2)CCO3)nc1. The van der Waals surface area contributed by atoms with Crippen molar-refractivity contribution < 1.29 is 4.74 Å². The molecule has 4 rings (SSSR count). The summed E-state index contributed by atoms with van der Waals surface area (Å²) < 4.78 is 6.35. The van der Waals surface area contributed by atoms with Gasteiger partial charge in [0.1, 0.15) is 0 Å². The summed E-state index contributed by atoms with van der Waals surface area (Å²) in [6.45, 7) is 6.99. The van der Waals surface area contributed by atoms with Crippen molar-refractivity contribution in [2.45, 2.75) is 38.0 Å². The van der Waals surface area contributed by atoms with Crippen molar-refractivity contribution in [1.29, 1.82) is 0 Å². The Morgan fingerprint density at radius 2 is 1.96 bits per heavy atom. The number of nitrogens with zero attached hydrogens (tertiary/aromatic N) is 4. The molecule has 0 amide bonds. The summed E-state index contributed by atoms with van der Waals surface area (Å²) in [6.07, 6.45) is 9.14. The van der Waals surface area contributed by atoms with Crippen LogP contribution in [0.4, 0.5) is 0 Å². The predicted octanol–water partition coefficient (Wildman–Crippen LogP) is 2.73. The molecular formula is C21H28N4O. The van der Waals surface area contributed by atoms with Crippen LogP contribution in [0.3, 0.4) is 0 Å². The van der Waals surface area contributed by atoms with Gasteiger partial charge in [0.2, 0.25) is 0 Å². The largest absolute Gasteiger partial charge is 0.372 e. The van der Waals surface area contributed by atoms with E-state index < -0.39 is 0 Å². The third-order valence-electron chi connectivity index (χ3n) is 5.56. The lowest BCUT2D eigenvalue weighted by Crippen LogP contribution is -2.51. The van der Waals surface area contributed by atoms with Gasteiger partial charge in [-0.15, -0.1) is 0 Å². The Kier molecular flexibility index (Phi) is 5.58. The summed E-state index contributed by atoms with van der Waals surface area (Å²) in [5, 5.41) is 0. The number of ether oxygens (including phenoxy) is 1. The van der Waals surface area contributed by atoms with Gasteiger partial charge in [0.25, 0.3) is 0 Å². The fraction of sp³-hybridized carbons (Fsp3) is 0.524. The molecule has 2 aliphatic rings. The lowest BCUT2D eigenvalue weighted by molar-refractivity contribution is -0.118. The van der Waals surface area contributed by atoms with Crippen LogP contribution in [0, 0.1) is 0 Å². The third kappa shape index (κ3) is 4.47. The van der Waals surface area contributed by atoms with Crippen LogP contribution < -0.4 is 0 Å². The van der Waals surface area contributed by atoms with Crippen LogP contribution in [0.25, 0.3) is 0 Å². The maximum absolute atomic E-state index is 6.35. The Morgan fingerprint density at radius 1 is 0.962 bits per heavy atom. The van der Waals surface area contributed by atoms with E-state index in [1.54, 1.807) is 0 Å². The molecular weight excluding hydrogens is 324 g/mol. The highest BCUT2D eigenvalue weighted by Crippen LogP contribution is 2.31. The zero-order chi connectivity index (χ0) is 17.7. The zero-order valence-corrected chi connectivity index (χ0v) is 15.4. The maximum Gasteiger partial charge on any atom is 0.0822 e. The smallest absolute Gasteiger partial charge is 0.0822 e. The lowest BCUT2D eigenvalue weighted by atomic mass is 9.92. The second kappa shape index (κ2) is 8.25. The van der Waals surface area contributed by atoms with Crippen LogP contribution >= 0.6 is 0 Å². The molecule has 138 valence electrons. The van der Waals surface area contributed by atoms with Crippen LogP contribution in [0.1, 0.15) is 30.5 Å². The summed E-state index contributed by atoms with van der Waals surface area (Å²) in [6, 6.07) is 10.4. The Balaban J connectivity index is 1.36. The first kappa shape index (κ1) is 17.6. The van der Waals surface area contributed by atoms with E-state index in [0.29, 0.717) is 0 Å². The predicted molar refractivity (Wildman–Crippen MR) is 102 cm³/mol. The molecule has 26 heavy (non-hydrogen) atoms. The molecule has 2 aliphatic heterocycles. The van der Waals surface area contributed by atoms with Crippen molar-refractivity contribution in [1.82, 2.24) is 19.8 Å². The number of hydrogen-bond donors (Lipinski definition) is 0. The van der Waals surface area contributed by atoms with E-state index in [9.17, 15) is 0 Å². The van der Waals surface area contributed by atoms with Gasteiger partial charge >= 0.3 is 0 Å². The van der Waals surface area contributed by atoms with Crippen molar-refractivity contribution in [3.05, 3.63) is 60.2 Å². The number of hydrogen-bond acceptors (Lipinski definition) is 5. The monoisotopic (exact) mass is 352 g/mol. The number of pyridine rings is 2. The molecule has 0 saturated carbocycles. The van der Waals surface area contributed by atoms with E-state index in [0.717, 1.165) is 64.4 Å². The molecule has 4 heterocycles. The van der Waals surface area contributed by atoms with Gasteiger partial charge in [0.15, 0.2) is 0 Å². The molecule has 0 aromatic carbocycles. The van der Waals surface area contributed by atoms with Crippen molar-refractivity contribution in [2.24, 2.45) is 0 Å². The standard InChI is InChI=1S/C21H28N4O/c1-2-10-23-20(6-1)17-24-11-4-7-21(8-12-24)18-25(13-14-26-21)16-19-5-3-9-22-15-19/h1-3,5-6,9-10,15H,4,7-8,11-14,16-18H2/t21-/m0/s1. The first-order chi connectivity index (χ1) is 12.8. The highest BCUT2D eigenvalue weighted by Gasteiger charge is 2.38. The summed E-state index contributed by atoms with van der Waals surface area (Å²) in [5.74, 6) is 0. The molecule has 2 saturated heterocycles. The second-order valence-electron chi connectivity index (χ2n) is 7.55. The quantitative estimate of drug-likeness (QED) is 0.846. The number of morpholine rings is 1. The fourth-order valence-corrected chi connectivity index (χ4v) is 4.21. The molecule has 0 bridgehead atoms. The molecule has 0 aliphatic carbocycles. The summed E-state index contributed by atoms with van der Waals surface area (Å²) >= 11 is 0. The minimum atomic E-state index is 0.0132. The molecule has 1 spiro atoms. The maximum atomic E-state index is 6.35. The fourth-order valence-electron chi connectivity index (χ4n) is 4.21. The van der Waals surface area contributed by atoms with E-state index in [1.807, 2.05) is 30.7 Å². The Hall–Kier alpha value is -1.82. The molecule has 0 unspecified atom stereocenters. The van der Waals surface area contributed by atoms with E-state index in [-0.39, 0.29) is 5.60 Å². The van der Waals surface area contributed by atoms with Gasteiger partial charge < -0.3 is 4.74 Å². The van der Waals surface area contributed by atoms with Gasteiger partial charge in [-0.1, -0.05) is 12.1 Å². The minimum absolute atomic E-state index is 0.0132. The average Bonchev–Trinajstić information content (AvgIpc) is 2.86. The summed E-state index contributed by atoms with van der Waals surface area (Å²) in [4.78, 5) is 13.8. The van der Waals surface area contributed by atoms with Crippen molar-refractivity contribution in [3.8, 4) is 0 Å². The van der Waals surface area contributed by atoms with Crippen LogP contribution in [0.2, 0.25) is 0 Å². The van der Waals surface area contributed by atoms with E-state index >= 15 is 0 Å². The van der Waals surface area contributed by atoms with Crippen LogP contribution in [-0.2, 0) is 17.8 Å². The molecule has 2 aromatic rings. The van der Waals surface area contributed by atoms with Gasteiger partial charge in [-0.3, -0.25) is 19.8 Å². The molecule has 1 atom stereocenters. The minimum Gasteiger partial charge on any atom is -0.372 e. The van der Waals surface area contributed by atoms with Crippen LogP contribution in [-0.4, -0.2) is 58.2 Å². The molecule has 2 aromatic heterocycles. The molecule has 2 fully saturated rings. The lowest BCUT2D eigenvalue weighted by Gasteiger charge is -2.42. The van der Waals surface area contributed by atoms with Crippen LogP contribution in [0.5, 0.6) is 0 Å². The Bertz CT molecular complexity index is 681. The number of likely N-dealkylation sites (tertiary alicyclic amines) is 1. The highest BCUT2D eigenvalue weighted by molar-refractivity contribution is 5.09. The van der Waals surface area contributed by atoms with Crippen molar-refractivity contribution >= 4 is 0 Å². The topological polar surface area (TPSA) is 41.5 Å². The van der Waals surface area contributed by atoms with Gasteiger partial charge in [0.05, 0.1) is 17.9 Å². The Labute approximate surface area is 156 Å². The van der Waals surface area contributed by atoms with Gasteiger partial charge in [-0.2, -0.15) is 0 Å². The summed E-state index contributed by atoms with van der Waals surface area (Å²) in [5.41, 5.74) is 2.46. The third-order valence-corrected chi connectivity index (χ3v) is 5.56. The van der Waals surface area contributed by atoms with E-state index in [1.165, 1.54) is 12.0 Å². The van der Waals surface area contributed by atoms with Gasteiger partial charge in [0, 0.05) is 51.3 Å². The molecule has 0 radical (unpaired) electrons. The second-order valence-corrected chi connectivity index (χ2v) is 7.55. The highest BCUT2D eigenvalue weighted by atomic mass is 16.5. The Morgan fingerprint density at radius 3 is 2.81 bits per heavy atom. The first-order valence-corrected chi connectivity index (χ1v) is 9.69. The van der Waals surface area contributed by atoms with Gasteiger partial charge in [-0.25, -0.2) is 0 Å². The number of aromatic nitrogens is 2. The normalized spacial score (nSPS) is 25.2. The summed E-state index contributed by atoms with van der Waals surface area (Å²) in [7, 11) is 0. The van der Waals surface area contributed by atoms with E-state index in [4.69, 9.17) is 4.74 Å². The molecule has 5 nitrogen and oxygen atoms in total. The van der Waals surface area contributed by atoms with E-state index in [2.05, 4.69) is 38.0 Å². The number of rotatable bonds is 4. The van der Waals surface area contributed by atoms with Crippen LogP contribution in [0.15, 0.2) is 48.9 Å². The van der Waals surface area contributed by atoms with Crippen molar-refractivity contribution in [3.63, 3.8) is 0 Å². The molecule has 0 N–H and O–H groups in total. The first-order valence-electron chi connectivity index (χ1n) is 9.69. The van der Waals surface area contributed by atoms with Gasteiger partial charge in [-0.05, 0) is 49.6 Å². The average molecular weight is 352 g/mol.